The van der Waals surface area contributed by atoms with E-state index in [1.54, 1.807) is 81.7 Å². The van der Waals surface area contributed by atoms with Gasteiger partial charge >= 0.3 is 11.9 Å². The third-order valence-electron chi connectivity index (χ3n) is 17.3. The molecular weight excluding hydrogens is 1210 g/mol. The molecule has 0 unspecified atom stereocenters. The topological polar surface area (TPSA) is 352 Å². The summed E-state index contributed by atoms with van der Waals surface area (Å²) in [6.07, 6.45) is 0.856. The molecule has 0 aliphatic carbocycles. The number of rotatable bonds is 15. The van der Waals surface area contributed by atoms with Gasteiger partial charge in [0.05, 0.1) is 38.1 Å². The summed E-state index contributed by atoms with van der Waals surface area (Å²) >= 11 is 0. The Balaban J connectivity index is 1.26. The summed E-state index contributed by atoms with van der Waals surface area (Å²) in [6.45, 7) is 13.6. The van der Waals surface area contributed by atoms with Crippen LogP contribution in [0.15, 0.2) is 91.1 Å². The van der Waals surface area contributed by atoms with E-state index >= 15 is 9.59 Å². The van der Waals surface area contributed by atoms with Crippen LogP contribution in [0.3, 0.4) is 0 Å². The fraction of sp³-hybridized carbons (Fsp3) is 0.529. The minimum atomic E-state index is -1.49. The number of likely N-dealkylation sites (tertiary alicyclic amines) is 1. The molecule has 7 rings (SSSR count). The van der Waals surface area contributed by atoms with Crippen LogP contribution in [0.5, 0.6) is 0 Å². The Hall–Kier alpha value is -8.88. The number of carboxylic acids is 1. The summed E-state index contributed by atoms with van der Waals surface area (Å²) in [6, 6.07) is 14.3. The van der Waals surface area contributed by atoms with Gasteiger partial charge in [-0.25, -0.2) is 9.59 Å². The molecule has 11 atom stereocenters. The maximum absolute atomic E-state index is 15.3. The number of likely N-dealkylation sites (N-methyl/N-ethyl adjacent to an activating group) is 2. The first-order chi connectivity index (χ1) is 44.6. The van der Waals surface area contributed by atoms with E-state index in [1.807, 2.05) is 78.9 Å². The van der Waals surface area contributed by atoms with Gasteiger partial charge in [-0.1, -0.05) is 151 Å². The van der Waals surface area contributed by atoms with Crippen LogP contribution in [-0.4, -0.2) is 178 Å². The van der Waals surface area contributed by atoms with E-state index in [1.165, 1.54) is 16.7 Å². The Morgan fingerprint density at radius 3 is 1.68 bits per heavy atom. The van der Waals surface area contributed by atoms with Gasteiger partial charge in [-0.05, 0) is 97.1 Å². The predicted octanol–water partition coefficient (Wildman–Crippen LogP) is 2.87. The number of carbonyl (C=O) groups is 10. The zero-order chi connectivity index (χ0) is 68.6. The molecule has 94 heavy (non-hydrogen) atoms. The monoisotopic (exact) mass is 1300 g/mol. The normalized spacial score (nSPS) is 22.3. The molecule has 1 saturated heterocycles. The van der Waals surface area contributed by atoms with Gasteiger partial charge in [0.15, 0.2) is 0 Å². The highest BCUT2D eigenvalue weighted by Gasteiger charge is 2.48. The number of aryl methyl sites for hydroxylation is 1. The number of hydrogen-bond acceptors (Lipinski definition) is 16. The fourth-order valence-electron chi connectivity index (χ4n) is 11.5. The van der Waals surface area contributed by atoms with Crippen LogP contribution < -0.4 is 47.9 Å². The SMILES string of the molecule is CN[C@@H](C)C(=O)N[C@H](C(=O)N[C@H]1CCCCC[C@@H](C(=O)O)NC(=O)[C@H](Cc2ccc3ccccc3c2)NC(=O)[C@@H]2[C@@H](CCN2C(=O)[C@@H](NC(=O)[C@H](C)NC)C(C)(C)C)OCc2cn(nn2)CC[C@@H](C(=O)OC)NC(=O)[C@H](Cc2ccc3ccccc3c2)NC1=O)C(C)(C)C. The van der Waals surface area contributed by atoms with Crippen molar-refractivity contribution in [1.82, 2.24) is 67.7 Å². The molecule has 2 bridgehead atoms. The molecule has 4 aromatic carbocycles. The Labute approximate surface area is 548 Å². The number of hydrogen-bond donors (Lipinski definition) is 10. The van der Waals surface area contributed by atoms with Crippen LogP contribution in [0.1, 0.15) is 117 Å². The minimum absolute atomic E-state index is 0.00630. The van der Waals surface area contributed by atoms with E-state index < -0.39 is 137 Å². The van der Waals surface area contributed by atoms with Crippen molar-refractivity contribution in [2.24, 2.45) is 10.8 Å². The lowest BCUT2D eigenvalue weighted by molar-refractivity contribution is -0.147. The van der Waals surface area contributed by atoms with Gasteiger partial charge in [0.25, 0.3) is 0 Å². The number of ether oxygens (including phenoxy) is 2. The van der Waals surface area contributed by atoms with Crippen molar-refractivity contribution in [3.63, 3.8) is 0 Å². The lowest BCUT2D eigenvalue weighted by Gasteiger charge is -2.37. The van der Waals surface area contributed by atoms with E-state index in [9.17, 15) is 43.5 Å². The number of amides is 8. The zero-order valence-corrected chi connectivity index (χ0v) is 55.6. The van der Waals surface area contributed by atoms with Gasteiger partial charge in [0, 0.05) is 25.9 Å². The molecule has 2 aliphatic heterocycles. The van der Waals surface area contributed by atoms with Gasteiger partial charge in [0.1, 0.15) is 54.0 Å². The molecule has 10 N–H and O–H groups in total. The summed E-state index contributed by atoms with van der Waals surface area (Å²) in [5, 5.41) is 48.3. The molecular formula is C68H93N13O13. The van der Waals surface area contributed by atoms with Crippen molar-refractivity contribution in [2.75, 3.05) is 27.7 Å². The average Bonchev–Trinajstić information content (AvgIpc) is 1.54. The third kappa shape index (κ3) is 19.6. The standard InChI is InChI=1S/C68H93N13O13/c1-39(69-9)57(82)76-55(67(3,4)5)63(88)71-48-23-13-12-14-24-49(65(90)91)72-60(85)52(36-42-26-28-44-20-16-18-22-46(44)34-42)75-62(87)54-53(30-32-81(54)64(89)56(68(6,7)8)77-58(83)40(2)70-10)94-38-47-37-80(79-78-47)31-29-50(66(92)93-11)73-61(86)51(74-59(48)84)35-41-25-27-43-19-15-17-21-45(43)33-41/h15-22,25-28,33-34,37,39-40,48-56,69-70H,12-14,23-24,29-32,35-36,38H2,1-11H3,(H,71,88)(H,72,85)(H,73,86)(H,74,84)(H,75,87)(H,76,82)(H,77,83)(H,90,91)/t39-,40-,48-,49-,50-,51-,52-,53+,54-,55+,56+/m0/s1. The lowest BCUT2D eigenvalue weighted by atomic mass is 9.85. The summed E-state index contributed by atoms with van der Waals surface area (Å²) in [5.41, 5.74) is -0.199. The maximum Gasteiger partial charge on any atom is 0.328 e. The number of carbonyl (C=O) groups excluding carboxylic acids is 9. The minimum Gasteiger partial charge on any atom is -0.480 e. The molecule has 5 aromatic rings. The smallest absolute Gasteiger partial charge is 0.328 e. The highest BCUT2D eigenvalue weighted by atomic mass is 16.5. The van der Waals surface area contributed by atoms with E-state index in [-0.39, 0.29) is 83.2 Å². The number of fused-ring (bicyclic) bond motifs is 5. The molecule has 508 valence electrons. The number of aliphatic carboxylic acids is 1. The van der Waals surface area contributed by atoms with Crippen molar-refractivity contribution in [2.45, 2.75) is 193 Å². The van der Waals surface area contributed by atoms with Gasteiger partial charge in [-0.3, -0.25) is 43.0 Å². The highest BCUT2D eigenvalue weighted by molar-refractivity contribution is 5.98. The predicted molar refractivity (Wildman–Crippen MR) is 351 cm³/mol. The number of nitrogens with one attached hydrogen (secondary N) is 9. The molecule has 0 radical (unpaired) electrons. The van der Waals surface area contributed by atoms with Crippen molar-refractivity contribution in [1.29, 1.82) is 0 Å². The molecule has 3 heterocycles. The van der Waals surface area contributed by atoms with Crippen LogP contribution in [0, 0.1) is 10.8 Å². The van der Waals surface area contributed by atoms with Crippen LogP contribution in [0.25, 0.3) is 21.5 Å². The maximum atomic E-state index is 15.3. The summed E-state index contributed by atoms with van der Waals surface area (Å²) in [7, 11) is 4.37. The van der Waals surface area contributed by atoms with Gasteiger partial charge in [-0.2, -0.15) is 0 Å². The number of aromatic nitrogens is 3. The number of esters is 1. The van der Waals surface area contributed by atoms with Crippen LogP contribution in [0.2, 0.25) is 0 Å². The summed E-state index contributed by atoms with van der Waals surface area (Å²) in [5.74, 6) is -7.55. The summed E-state index contributed by atoms with van der Waals surface area (Å²) < 4.78 is 13.1. The fourth-order valence-corrected chi connectivity index (χ4v) is 11.5. The Bertz CT molecular complexity index is 3530. The highest BCUT2D eigenvalue weighted by Crippen LogP contribution is 2.30. The van der Waals surface area contributed by atoms with Gasteiger partial charge in [-0.15, -0.1) is 5.10 Å². The van der Waals surface area contributed by atoms with Gasteiger partial charge in [0.2, 0.25) is 47.3 Å². The summed E-state index contributed by atoms with van der Waals surface area (Å²) in [4.78, 5) is 144. The molecule has 8 amide bonds. The second-order valence-electron chi connectivity index (χ2n) is 26.6. The first-order valence-corrected chi connectivity index (χ1v) is 32.1. The second kappa shape index (κ2) is 32.8. The van der Waals surface area contributed by atoms with Crippen LogP contribution in [0.4, 0.5) is 0 Å². The molecule has 26 nitrogen and oxygen atoms in total. The van der Waals surface area contributed by atoms with Crippen LogP contribution >= 0.6 is 0 Å². The van der Waals surface area contributed by atoms with Gasteiger partial charge < -0.3 is 67.3 Å². The first-order valence-electron chi connectivity index (χ1n) is 32.1. The Kier molecular flexibility index (Phi) is 25.3. The van der Waals surface area contributed by atoms with E-state index in [0.29, 0.717) is 11.1 Å². The van der Waals surface area contributed by atoms with E-state index in [2.05, 4.69) is 58.2 Å². The van der Waals surface area contributed by atoms with Crippen molar-refractivity contribution < 1.29 is 62.5 Å². The van der Waals surface area contributed by atoms with Crippen molar-refractivity contribution in [3.05, 3.63) is 108 Å². The molecule has 0 saturated carbocycles. The number of methoxy groups -OCH3 is 1. The van der Waals surface area contributed by atoms with E-state index in [0.717, 1.165) is 21.5 Å². The van der Waals surface area contributed by atoms with E-state index in [4.69, 9.17) is 9.47 Å². The molecule has 1 aromatic heterocycles. The largest absolute Gasteiger partial charge is 0.480 e. The van der Waals surface area contributed by atoms with Crippen molar-refractivity contribution in [3.8, 4) is 0 Å². The zero-order valence-electron chi connectivity index (χ0n) is 55.6. The van der Waals surface area contributed by atoms with Crippen LogP contribution in [-0.2, 0) is 83.4 Å². The third-order valence-corrected chi connectivity index (χ3v) is 17.3. The quantitative estimate of drug-likeness (QED) is 0.0674. The number of nitrogens with zero attached hydrogens (tertiary/aromatic N) is 4. The Morgan fingerprint density at radius 2 is 1.15 bits per heavy atom. The number of benzene rings is 4. The Morgan fingerprint density at radius 1 is 0.628 bits per heavy atom. The molecule has 1 fully saturated rings. The molecule has 0 spiro atoms. The lowest BCUT2D eigenvalue weighted by Crippen LogP contribution is -2.62. The number of carboxylic acid groups (broad SMARTS) is 1. The molecule has 2 aliphatic rings. The van der Waals surface area contributed by atoms with Crippen molar-refractivity contribution >= 4 is 80.7 Å². The average molecular weight is 1300 g/mol. The second-order valence-corrected chi connectivity index (χ2v) is 26.6. The first kappa shape index (κ1) is 72.5. The molecule has 26 heteroatoms.